The number of ether oxygens (including phenoxy) is 1. The average molecular weight is 625 g/mol. The van der Waals surface area contributed by atoms with Gasteiger partial charge in [-0.2, -0.15) is 0 Å². The summed E-state index contributed by atoms with van der Waals surface area (Å²) < 4.78 is 3.42. The van der Waals surface area contributed by atoms with Gasteiger partial charge >= 0.3 is 217 Å². The molecule has 1 fully saturated rings. The summed E-state index contributed by atoms with van der Waals surface area (Å²) in [5, 5.41) is 11.9. The van der Waals surface area contributed by atoms with Gasteiger partial charge in [-0.05, 0) is 0 Å². The maximum absolute atomic E-state index is 10.6. The van der Waals surface area contributed by atoms with Gasteiger partial charge in [-0.25, -0.2) is 0 Å². The van der Waals surface area contributed by atoms with Crippen LogP contribution in [-0.4, -0.2) is 36.1 Å². The molecule has 0 radical (unpaired) electrons. The summed E-state index contributed by atoms with van der Waals surface area (Å²) in [4.78, 5) is 10.6. The van der Waals surface area contributed by atoms with E-state index < -0.39 is 10.2 Å². The fourth-order valence-corrected chi connectivity index (χ4v) is 16.4. The van der Waals surface area contributed by atoms with Crippen LogP contribution in [0.15, 0.2) is 60.7 Å². The summed E-state index contributed by atoms with van der Waals surface area (Å²) in [6.45, 7) is 1.79. The van der Waals surface area contributed by atoms with E-state index in [2.05, 4.69) is 82.7 Å². The van der Waals surface area contributed by atoms with Crippen molar-refractivity contribution in [2.75, 3.05) is 19.4 Å². The third-order valence-corrected chi connectivity index (χ3v) is 21.3. The molecule has 1 aliphatic heterocycles. The van der Waals surface area contributed by atoms with Crippen LogP contribution in [0.4, 0.5) is 0 Å². The van der Waals surface area contributed by atoms with Crippen LogP contribution in [0, 0.1) is 0 Å². The van der Waals surface area contributed by atoms with Gasteiger partial charge in [-0.1, -0.05) is 0 Å². The Hall–Kier alpha value is -0.970. The molecule has 0 spiro atoms. The zero-order valence-electron chi connectivity index (χ0n) is 22.0. The first-order valence-corrected chi connectivity index (χ1v) is 19.5. The Labute approximate surface area is 232 Å². The fraction of sp³-hybridized carbons (Fsp3) is 0.581. The molecule has 0 aliphatic carbocycles. The van der Waals surface area contributed by atoms with E-state index in [9.17, 15) is 4.79 Å². The number of carboxylic acids is 1. The summed E-state index contributed by atoms with van der Waals surface area (Å²) in [6.07, 6.45) is 17.5. The molecule has 0 unspecified atom stereocenters. The molecule has 5 heteroatoms. The van der Waals surface area contributed by atoms with Gasteiger partial charge in [0, 0.05) is 6.42 Å². The number of hydrogen-bond acceptors (Lipinski definition) is 2. The molecular formula is C31H46IO3P. The first-order valence-electron chi connectivity index (χ1n) is 14.2. The van der Waals surface area contributed by atoms with Crippen LogP contribution in [0.5, 0.6) is 0 Å². The molecule has 2 aromatic rings. The number of halogens is 1. The van der Waals surface area contributed by atoms with E-state index in [1.165, 1.54) is 76.8 Å². The monoisotopic (exact) mass is 624 g/mol. The van der Waals surface area contributed by atoms with Crippen molar-refractivity contribution < 1.29 is 14.6 Å². The van der Waals surface area contributed by atoms with Gasteiger partial charge in [0.2, 0.25) is 0 Å². The number of carboxylic acid groups (broad SMARTS) is 1. The first kappa shape index (κ1) is 29.6. The Bertz CT molecular complexity index is 844. The van der Waals surface area contributed by atoms with Crippen LogP contribution >= 0.6 is 26.3 Å². The minimum absolute atomic E-state index is 0.324. The molecule has 0 atom stereocenters. The third-order valence-electron chi connectivity index (χ3n) is 8.07. The van der Waals surface area contributed by atoms with Crippen LogP contribution in [-0.2, 0) is 9.53 Å². The van der Waals surface area contributed by atoms with Crippen molar-refractivity contribution in [2.24, 2.45) is 0 Å². The number of unbranched alkanes of at least 4 members (excludes halogenated alkanes) is 10. The summed E-state index contributed by atoms with van der Waals surface area (Å²) in [5.41, 5.74) is 0.686. The molecular weight excluding hydrogens is 578 g/mol. The van der Waals surface area contributed by atoms with Crippen molar-refractivity contribution in [2.45, 2.75) is 95.6 Å². The van der Waals surface area contributed by atoms with E-state index in [1.54, 1.807) is 10.6 Å². The van der Waals surface area contributed by atoms with Gasteiger partial charge in [-0.3, -0.25) is 4.79 Å². The Morgan fingerprint density at radius 3 is 1.58 bits per heavy atom. The van der Waals surface area contributed by atoms with Crippen LogP contribution < -0.4 is 10.6 Å². The fourth-order valence-electron chi connectivity index (χ4n) is 6.02. The van der Waals surface area contributed by atoms with Gasteiger partial charge in [0.15, 0.2) is 0 Å². The molecule has 1 saturated heterocycles. The van der Waals surface area contributed by atoms with Crippen molar-refractivity contribution >= 4 is 42.9 Å². The SMILES string of the molecule is O=C(O)CCCCCCCCCCCCCP(I)(c1ccccc1)(c1ccccc1)C1CCOCC1. The number of rotatable bonds is 17. The van der Waals surface area contributed by atoms with Gasteiger partial charge < -0.3 is 5.11 Å². The molecule has 3 nitrogen and oxygen atoms in total. The standard InChI is InChI=1S/C31H46IO3P/c32-36(28-18-12-10-13-19-28,29-20-14-11-15-21-29,30-23-25-35-26-24-30)27-17-9-7-5-3-1-2-4-6-8-16-22-31(33)34/h10-15,18-21,30H,1-9,16-17,22-27H2,(H,33,34). The number of benzene rings is 2. The van der Waals surface area contributed by atoms with Gasteiger partial charge in [0.05, 0.1) is 0 Å². The van der Waals surface area contributed by atoms with Crippen molar-refractivity contribution in [3.8, 4) is 0 Å². The van der Waals surface area contributed by atoms with Crippen molar-refractivity contribution in [3.63, 3.8) is 0 Å². The molecule has 0 saturated carbocycles. The second-order valence-electron chi connectivity index (χ2n) is 10.5. The Morgan fingerprint density at radius 1 is 0.722 bits per heavy atom. The zero-order chi connectivity index (χ0) is 25.6. The normalized spacial score (nSPS) is 15.9. The van der Waals surface area contributed by atoms with E-state index >= 15 is 0 Å². The predicted octanol–water partition coefficient (Wildman–Crippen LogP) is 8.49. The van der Waals surface area contributed by atoms with Gasteiger partial charge in [-0.15, -0.1) is 0 Å². The minimum atomic E-state index is -2.41. The predicted molar refractivity (Wildman–Crippen MR) is 165 cm³/mol. The number of carbonyl (C=O) groups is 1. The molecule has 1 heterocycles. The van der Waals surface area contributed by atoms with E-state index in [0.717, 1.165) is 26.1 Å². The van der Waals surface area contributed by atoms with E-state index in [-0.39, 0.29) is 0 Å². The summed E-state index contributed by atoms with van der Waals surface area (Å²) in [5.74, 6) is -0.663. The van der Waals surface area contributed by atoms with Crippen LogP contribution in [0.3, 0.4) is 0 Å². The topological polar surface area (TPSA) is 46.5 Å². The molecule has 3 rings (SSSR count). The third kappa shape index (κ3) is 8.01. The summed E-state index contributed by atoms with van der Waals surface area (Å²) >= 11 is 3.00. The van der Waals surface area contributed by atoms with Crippen LogP contribution in [0.25, 0.3) is 0 Å². The van der Waals surface area contributed by atoms with Crippen molar-refractivity contribution in [3.05, 3.63) is 60.7 Å². The number of hydrogen-bond donors (Lipinski definition) is 1. The number of aliphatic carboxylic acids is 1. The van der Waals surface area contributed by atoms with Crippen molar-refractivity contribution in [1.82, 2.24) is 0 Å². The second kappa shape index (κ2) is 15.4. The molecule has 1 aliphatic rings. The quantitative estimate of drug-likeness (QED) is 0.109. The van der Waals surface area contributed by atoms with Crippen molar-refractivity contribution in [1.29, 1.82) is 0 Å². The molecule has 36 heavy (non-hydrogen) atoms. The Balaban J connectivity index is 1.53. The second-order valence-corrected chi connectivity index (χ2v) is 21.9. The van der Waals surface area contributed by atoms with E-state index in [0.29, 0.717) is 12.1 Å². The van der Waals surface area contributed by atoms with E-state index in [4.69, 9.17) is 9.84 Å². The molecule has 0 bridgehead atoms. The zero-order valence-corrected chi connectivity index (χ0v) is 25.0. The molecule has 0 amide bonds. The Kier molecular flexibility index (Phi) is 12.7. The van der Waals surface area contributed by atoms with Crippen LogP contribution in [0.2, 0.25) is 0 Å². The molecule has 1 N–H and O–H groups in total. The van der Waals surface area contributed by atoms with Gasteiger partial charge in [0.1, 0.15) is 0 Å². The first-order chi connectivity index (χ1) is 17.6. The van der Waals surface area contributed by atoms with Crippen LogP contribution in [0.1, 0.15) is 89.9 Å². The maximum atomic E-state index is 10.6. The molecule has 0 aromatic heterocycles. The summed E-state index contributed by atoms with van der Waals surface area (Å²) in [7, 11) is 0. The Morgan fingerprint density at radius 2 is 1.14 bits per heavy atom. The molecule has 200 valence electrons. The molecule has 2 aromatic carbocycles. The van der Waals surface area contributed by atoms with Gasteiger partial charge in [0.25, 0.3) is 0 Å². The summed E-state index contributed by atoms with van der Waals surface area (Å²) in [6, 6.07) is 22.9. The average Bonchev–Trinajstić information content (AvgIpc) is 2.92. The van der Waals surface area contributed by atoms with E-state index in [1.807, 2.05) is 0 Å².